The molecule has 2 aromatic heterocycles. The Hall–Kier alpha value is -3.36. The Balaban J connectivity index is 1.36. The highest BCUT2D eigenvalue weighted by molar-refractivity contribution is 6.30. The second kappa shape index (κ2) is 11.4. The van der Waals surface area contributed by atoms with Crippen LogP contribution in [0.4, 0.5) is 15.8 Å². The van der Waals surface area contributed by atoms with Crippen molar-refractivity contribution in [2.45, 2.75) is 19.8 Å². The lowest BCUT2D eigenvalue weighted by molar-refractivity contribution is 0.245. The number of pyridine rings is 1. The van der Waals surface area contributed by atoms with E-state index in [9.17, 15) is 9.18 Å². The van der Waals surface area contributed by atoms with Crippen LogP contribution in [-0.2, 0) is 6.42 Å². The number of nitrogens with zero attached hydrogens (tertiary/aromatic N) is 3. The summed E-state index contributed by atoms with van der Waals surface area (Å²) in [5.41, 5.74) is 6.09. The molecule has 1 saturated heterocycles. The lowest BCUT2D eigenvalue weighted by Crippen LogP contribution is -2.46. The average Bonchev–Trinajstić information content (AvgIpc) is 3.32. The number of fused-ring (bicyclic) bond motifs is 1. The molecule has 3 N–H and O–H groups in total. The van der Waals surface area contributed by atoms with Crippen molar-refractivity contribution in [3.8, 4) is 11.4 Å². The minimum Gasteiger partial charge on any atom is -0.384 e. The van der Waals surface area contributed by atoms with Crippen molar-refractivity contribution in [1.29, 1.82) is 0 Å². The van der Waals surface area contributed by atoms with E-state index >= 15 is 0 Å². The molecule has 0 spiro atoms. The third kappa shape index (κ3) is 5.81. The van der Waals surface area contributed by atoms with Crippen molar-refractivity contribution in [1.82, 2.24) is 19.9 Å². The molecule has 37 heavy (non-hydrogen) atoms. The Morgan fingerprint density at radius 3 is 2.76 bits per heavy atom. The van der Waals surface area contributed by atoms with Crippen LogP contribution in [0.15, 0.2) is 53.5 Å². The first-order chi connectivity index (χ1) is 18.0. The predicted molar refractivity (Wildman–Crippen MR) is 150 cm³/mol. The Labute approximate surface area is 220 Å². The first-order valence-electron chi connectivity index (χ1n) is 12.8. The van der Waals surface area contributed by atoms with Crippen molar-refractivity contribution in [2.24, 2.45) is 0 Å². The second-order valence-electron chi connectivity index (χ2n) is 9.52. The van der Waals surface area contributed by atoms with Gasteiger partial charge in [0.2, 0.25) is 0 Å². The number of hydrogen-bond acceptors (Lipinski definition) is 5. The highest BCUT2D eigenvalue weighted by atomic mass is 35.5. The van der Waals surface area contributed by atoms with E-state index < -0.39 is 0 Å². The van der Waals surface area contributed by atoms with Gasteiger partial charge in [-0.1, -0.05) is 23.7 Å². The summed E-state index contributed by atoms with van der Waals surface area (Å²) in [5, 5.41) is 4.11. The molecule has 4 aromatic rings. The summed E-state index contributed by atoms with van der Waals surface area (Å²) in [6.45, 7) is 6.90. The maximum atomic E-state index is 12.9. The number of anilines is 2. The fraction of sp³-hybridized carbons (Fsp3) is 0.357. The molecule has 1 fully saturated rings. The molecule has 3 heterocycles. The van der Waals surface area contributed by atoms with Crippen molar-refractivity contribution < 1.29 is 4.39 Å². The van der Waals surface area contributed by atoms with Gasteiger partial charge in [-0.25, -0.2) is 4.98 Å². The van der Waals surface area contributed by atoms with Crippen molar-refractivity contribution >= 4 is 34.0 Å². The van der Waals surface area contributed by atoms with E-state index in [4.69, 9.17) is 16.6 Å². The molecule has 0 amide bonds. The molecule has 9 heteroatoms. The van der Waals surface area contributed by atoms with Crippen molar-refractivity contribution in [2.75, 3.05) is 56.2 Å². The van der Waals surface area contributed by atoms with Gasteiger partial charge in [0.15, 0.2) is 0 Å². The molecule has 7 nitrogen and oxygen atoms in total. The Morgan fingerprint density at radius 1 is 1.14 bits per heavy atom. The molecular formula is C28H32ClFN6O. The quantitative estimate of drug-likeness (QED) is 0.288. The normalized spacial score (nSPS) is 14.4. The van der Waals surface area contributed by atoms with E-state index in [1.165, 1.54) is 0 Å². The smallest absolute Gasteiger partial charge is 0.261 e. The summed E-state index contributed by atoms with van der Waals surface area (Å²) >= 11 is 6.11. The van der Waals surface area contributed by atoms with Crippen LogP contribution >= 0.6 is 11.6 Å². The number of aromatic nitrogens is 3. The van der Waals surface area contributed by atoms with Crippen LogP contribution in [0.2, 0.25) is 5.02 Å². The first-order valence-corrected chi connectivity index (χ1v) is 13.1. The zero-order valence-corrected chi connectivity index (χ0v) is 21.7. The third-order valence-electron chi connectivity index (χ3n) is 6.92. The zero-order valence-electron chi connectivity index (χ0n) is 21.0. The fourth-order valence-electron chi connectivity index (χ4n) is 4.98. The van der Waals surface area contributed by atoms with E-state index in [0.717, 1.165) is 72.7 Å². The van der Waals surface area contributed by atoms with Crippen LogP contribution in [0.1, 0.15) is 17.5 Å². The summed E-state index contributed by atoms with van der Waals surface area (Å²) in [4.78, 5) is 28.6. The van der Waals surface area contributed by atoms with E-state index in [2.05, 4.69) is 37.2 Å². The molecule has 0 saturated carbocycles. The lowest BCUT2D eigenvalue weighted by atomic mass is 10.1. The van der Waals surface area contributed by atoms with Gasteiger partial charge in [0.25, 0.3) is 5.56 Å². The molecule has 5 rings (SSSR count). The van der Waals surface area contributed by atoms with Crippen LogP contribution in [-0.4, -0.2) is 65.8 Å². The number of aromatic amines is 2. The summed E-state index contributed by atoms with van der Waals surface area (Å²) in [6.07, 6.45) is 3.02. The largest absolute Gasteiger partial charge is 0.384 e. The van der Waals surface area contributed by atoms with Crippen molar-refractivity contribution in [3.63, 3.8) is 0 Å². The molecule has 2 aromatic carbocycles. The van der Waals surface area contributed by atoms with Crippen LogP contribution in [0.25, 0.3) is 22.4 Å². The highest BCUT2D eigenvalue weighted by Gasteiger charge is 2.20. The van der Waals surface area contributed by atoms with Crippen molar-refractivity contribution in [3.05, 3.63) is 75.2 Å². The SMILES string of the molecule is Cc1cc(N2CCN(CCCF)CC2)cc2[nH]c(-c3c(NCCc4cccc(Cl)c4)cc[nH]c3=O)nc12. The zero-order chi connectivity index (χ0) is 25.8. The maximum absolute atomic E-state index is 12.9. The van der Waals surface area contributed by atoms with Gasteiger partial charge in [-0.3, -0.25) is 14.1 Å². The topological polar surface area (TPSA) is 80.0 Å². The van der Waals surface area contributed by atoms with Gasteiger partial charge in [-0.05, 0) is 61.2 Å². The van der Waals surface area contributed by atoms with Crippen LogP contribution in [0, 0.1) is 6.92 Å². The molecule has 1 aliphatic heterocycles. The second-order valence-corrected chi connectivity index (χ2v) is 9.95. The number of alkyl halides is 1. The van der Waals surface area contributed by atoms with Crippen LogP contribution in [0.5, 0.6) is 0 Å². The number of nitrogens with one attached hydrogen (secondary N) is 3. The number of rotatable bonds is 9. The third-order valence-corrected chi connectivity index (χ3v) is 7.16. The molecule has 194 valence electrons. The minimum atomic E-state index is -0.262. The van der Waals surface area contributed by atoms with E-state index in [-0.39, 0.29) is 12.2 Å². The number of H-pyrrole nitrogens is 2. The number of benzene rings is 2. The predicted octanol–water partition coefficient (Wildman–Crippen LogP) is 5.02. The van der Waals surface area contributed by atoms with Gasteiger partial charge in [0, 0.05) is 56.2 Å². The number of imidazole rings is 1. The molecule has 0 aliphatic carbocycles. The summed E-state index contributed by atoms with van der Waals surface area (Å²) in [6, 6.07) is 13.9. The van der Waals surface area contributed by atoms with Gasteiger partial charge in [-0.15, -0.1) is 0 Å². The Morgan fingerprint density at radius 2 is 1.97 bits per heavy atom. The van der Waals surface area contributed by atoms with Gasteiger partial charge in [0.05, 0.1) is 23.4 Å². The van der Waals surface area contributed by atoms with Crippen LogP contribution in [0.3, 0.4) is 0 Å². The number of hydrogen-bond donors (Lipinski definition) is 3. The fourth-order valence-corrected chi connectivity index (χ4v) is 5.19. The van der Waals surface area contributed by atoms with E-state index in [1.54, 1.807) is 6.20 Å². The maximum Gasteiger partial charge on any atom is 0.261 e. The Kier molecular flexibility index (Phi) is 7.76. The number of piperazine rings is 1. The monoisotopic (exact) mass is 522 g/mol. The minimum absolute atomic E-state index is 0.200. The van der Waals surface area contributed by atoms with Crippen LogP contribution < -0.4 is 15.8 Å². The average molecular weight is 523 g/mol. The summed E-state index contributed by atoms with van der Waals surface area (Å²) < 4.78 is 12.5. The molecule has 0 atom stereocenters. The number of aryl methyl sites for hydroxylation is 1. The lowest BCUT2D eigenvalue weighted by Gasteiger charge is -2.36. The molecule has 1 aliphatic rings. The van der Waals surface area contributed by atoms with Gasteiger partial charge in [0.1, 0.15) is 11.4 Å². The van der Waals surface area contributed by atoms with E-state index in [0.29, 0.717) is 29.4 Å². The summed E-state index contributed by atoms with van der Waals surface area (Å²) in [5.74, 6) is 0.540. The first kappa shape index (κ1) is 25.3. The molecule has 0 unspecified atom stereocenters. The van der Waals surface area contributed by atoms with Gasteiger partial charge < -0.3 is 20.2 Å². The van der Waals surface area contributed by atoms with E-state index in [1.807, 2.05) is 37.3 Å². The number of halogens is 2. The Bertz CT molecular complexity index is 1430. The highest BCUT2D eigenvalue weighted by Crippen LogP contribution is 2.29. The van der Waals surface area contributed by atoms with Gasteiger partial charge in [-0.2, -0.15) is 0 Å². The molecular weight excluding hydrogens is 491 g/mol. The van der Waals surface area contributed by atoms with Gasteiger partial charge >= 0.3 is 0 Å². The molecule has 0 bridgehead atoms. The standard InChI is InChI=1S/C28H32ClFN6O/c1-19-16-22(36-14-12-35(13-15-36)11-3-8-30)18-24-26(19)34-27(33-24)25-23(7-10-32-28(25)37)31-9-6-20-4-2-5-21(29)17-20/h2,4-5,7,10,16-18H,3,6,8-9,11-15H2,1H3,(H,33,34)(H2,31,32,37). The summed E-state index contributed by atoms with van der Waals surface area (Å²) in [7, 11) is 0. The molecule has 0 radical (unpaired) electrons.